The number of rotatable bonds is 5. The minimum absolute atomic E-state index is 0.106. The monoisotopic (exact) mass is 417 g/mol. The van der Waals surface area contributed by atoms with Gasteiger partial charge in [-0.25, -0.2) is 9.97 Å². The Bertz CT molecular complexity index is 992. The molecule has 0 saturated heterocycles. The summed E-state index contributed by atoms with van der Waals surface area (Å²) in [6.07, 6.45) is -4.62. The predicted octanol–water partition coefficient (Wildman–Crippen LogP) is 5.59. The molecule has 1 aromatic heterocycles. The Morgan fingerprint density at radius 3 is 2.31 bits per heavy atom. The zero-order valence-corrected chi connectivity index (χ0v) is 16.5. The van der Waals surface area contributed by atoms with Crippen molar-refractivity contribution in [2.45, 2.75) is 30.4 Å². The van der Waals surface area contributed by atoms with E-state index in [0.29, 0.717) is 11.3 Å². The second-order valence-corrected chi connectivity index (χ2v) is 7.71. The van der Waals surface area contributed by atoms with Gasteiger partial charge in [0, 0.05) is 11.3 Å². The second-order valence-electron chi connectivity index (χ2n) is 6.40. The molecule has 8 heteroatoms. The van der Waals surface area contributed by atoms with E-state index in [2.05, 4.69) is 15.3 Å². The van der Waals surface area contributed by atoms with Crippen LogP contribution in [0.15, 0.2) is 65.8 Å². The first-order valence-electron chi connectivity index (χ1n) is 8.78. The van der Waals surface area contributed by atoms with Crippen LogP contribution in [0.5, 0.6) is 0 Å². The van der Waals surface area contributed by atoms with E-state index in [1.165, 1.54) is 0 Å². The maximum Gasteiger partial charge on any atom is 0.433 e. The van der Waals surface area contributed by atoms with Gasteiger partial charge in [-0.15, -0.1) is 0 Å². The van der Waals surface area contributed by atoms with Gasteiger partial charge in [0.05, 0.1) is 10.9 Å². The van der Waals surface area contributed by atoms with Crippen LogP contribution >= 0.6 is 11.8 Å². The van der Waals surface area contributed by atoms with Crippen LogP contribution in [-0.4, -0.2) is 21.1 Å². The van der Waals surface area contributed by atoms with Crippen LogP contribution in [0.1, 0.15) is 18.2 Å². The molecule has 0 fully saturated rings. The minimum atomic E-state index is -4.62. The molecule has 0 saturated carbocycles. The van der Waals surface area contributed by atoms with E-state index < -0.39 is 17.1 Å². The molecule has 0 aliphatic heterocycles. The highest BCUT2D eigenvalue weighted by atomic mass is 32.2. The van der Waals surface area contributed by atoms with Crippen LogP contribution < -0.4 is 5.32 Å². The van der Waals surface area contributed by atoms with Gasteiger partial charge in [-0.1, -0.05) is 59.8 Å². The van der Waals surface area contributed by atoms with Crippen molar-refractivity contribution < 1.29 is 18.0 Å². The van der Waals surface area contributed by atoms with Crippen molar-refractivity contribution >= 4 is 23.4 Å². The van der Waals surface area contributed by atoms with Crippen molar-refractivity contribution in [2.24, 2.45) is 0 Å². The molecule has 4 nitrogen and oxygen atoms in total. The summed E-state index contributed by atoms with van der Waals surface area (Å²) in [6, 6.07) is 16.7. The van der Waals surface area contributed by atoms with Gasteiger partial charge in [0.15, 0.2) is 5.16 Å². The topological polar surface area (TPSA) is 54.9 Å². The fraction of sp³-hybridized carbons (Fsp3) is 0.190. The third-order valence-corrected chi connectivity index (χ3v) is 5.00. The molecule has 0 bridgehead atoms. The summed E-state index contributed by atoms with van der Waals surface area (Å²) < 4.78 is 39.9. The van der Waals surface area contributed by atoms with E-state index in [1.807, 2.05) is 19.1 Å². The molecule has 3 rings (SSSR count). The van der Waals surface area contributed by atoms with Crippen LogP contribution in [0.3, 0.4) is 0 Å². The van der Waals surface area contributed by atoms with Gasteiger partial charge < -0.3 is 5.32 Å². The molecule has 1 atom stereocenters. The lowest BCUT2D eigenvalue weighted by Crippen LogP contribution is -2.23. The number of hydrogen-bond acceptors (Lipinski definition) is 4. The van der Waals surface area contributed by atoms with Crippen molar-refractivity contribution in [2.75, 3.05) is 5.32 Å². The lowest BCUT2D eigenvalue weighted by Gasteiger charge is -2.14. The molecule has 1 heterocycles. The van der Waals surface area contributed by atoms with Gasteiger partial charge in [-0.05, 0) is 32.0 Å². The molecule has 1 amide bonds. The largest absolute Gasteiger partial charge is 0.433 e. The number of anilines is 1. The maximum absolute atomic E-state index is 13.3. The fourth-order valence-corrected chi connectivity index (χ4v) is 3.26. The molecule has 1 unspecified atom stereocenters. The number of amides is 1. The Morgan fingerprint density at radius 1 is 1.03 bits per heavy atom. The Balaban J connectivity index is 1.83. The normalized spacial score (nSPS) is 12.4. The molecule has 0 aliphatic carbocycles. The van der Waals surface area contributed by atoms with E-state index in [1.54, 1.807) is 49.4 Å². The number of carbonyl (C=O) groups is 1. The van der Waals surface area contributed by atoms with Gasteiger partial charge in [-0.3, -0.25) is 4.79 Å². The fourth-order valence-electron chi connectivity index (χ4n) is 2.47. The number of aromatic nitrogens is 2. The average Bonchev–Trinajstić information content (AvgIpc) is 2.69. The molecule has 3 aromatic rings. The molecular formula is C21H18F3N3OS. The second kappa shape index (κ2) is 8.65. The number of nitrogens with zero attached hydrogens (tertiary/aromatic N) is 2. The SMILES string of the molecule is Cc1ccc(NC(=O)C(C)Sc2nc(-c3ccccc3)cc(C(F)(F)F)n2)cc1. The maximum atomic E-state index is 13.3. The number of carbonyl (C=O) groups excluding carboxylic acids is 1. The van der Waals surface area contributed by atoms with Crippen LogP contribution in [-0.2, 0) is 11.0 Å². The zero-order chi connectivity index (χ0) is 21.0. The van der Waals surface area contributed by atoms with E-state index in [9.17, 15) is 18.0 Å². The molecule has 0 aliphatic rings. The van der Waals surface area contributed by atoms with Crippen LogP contribution in [0, 0.1) is 6.92 Å². The zero-order valence-electron chi connectivity index (χ0n) is 15.7. The molecule has 150 valence electrons. The summed E-state index contributed by atoms with van der Waals surface area (Å²) in [5, 5.41) is 1.95. The first-order valence-corrected chi connectivity index (χ1v) is 9.66. The third-order valence-electron chi connectivity index (χ3n) is 4.04. The molecule has 1 N–H and O–H groups in total. The molecule has 2 aromatic carbocycles. The summed E-state index contributed by atoms with van der Waals surface area (Å²) in [6.45, 7) is 3.53. The number of nitrogens with one attached hydrogen (secondary N) is 1. The minimum Gasteiger partial charge on any atom is -0.325 e. The van der Waals surface area contributed by atoms with E-state index in [-0.39, 0.29) is 16.8 Å². The van der Waals surface area contributed by atoms with E-state index >= 15 is 0 Å². The Morgan fingerprint density at radius 2 is 1.69 bits per heavy atom. The molecule has 29 heavy (non-hydrogen) atoms. The standard InChI is InChI=1S/C21H18F3N3OS/c1-13-8-10-16(11-9-13)25-19(28)14(2)29-20-26-17(15-6-4-3-5-7-15)12-18(27-20)21(22,23)24/h3-12,14H,1-2H3,(H,25,28). The van der Waals surface area contributed by atoms with Gasteiger partial charge in [0.2, 0.25) is 5.91 Å². The van der Waals surface area contributed by atoms with Crippen molar-refractivity contribution in [3.63, 3.8) is 0 Å². The lowest BCUT2D eigenvalue weighted by molar-refractivity contribution is -0.141. The highest BCUT2D eigenvalue weighted by Crippen LogP contribution is 2.33. The quantitative estimate of drug-likeness (QED) is 0.434. The summed E-state index contributed by atoms with van der Waals surface area (Å²) >= 11 is 0.879. The first kappa shape index (κ1) is 20.9. The number of alkyl halides is 3. The van der Waals surface area contributed by atoms with Crippen LogP contribution in [0.4, 0.5) is 18.9 Å². The summed E-state index contributed by atoms with van der Waals surface area (Å²) in [7, 11) is 0. The van der Waals surface area contributed by atoms with Crippen molar-refractivity contribution in [3.05, 3.63) is 71.9 Å². The Kier molecular flexibility index (Phi) is 6.22. The van der Waals surface area contributed by atoms with E-state index in [4.69, 9.17) is 0 Å². The van der Waals surface area contributed by atoms with E-state index in [0.717, 1.165) is 23.4 Å². The first-order chi connectivity index (χ1) is 13.7. The molecule has 0 spiro atoms. The highest BCUT2D eigenvalue weighted by molar-refractivity contribution is 8.00. The van der Waals surface area contributed by atoms with Gasteiger partial charge >= 0.3 is 6.18 Å². The van der Waals surface area contributed by atoms with Crippen LogP contribution in [0.2, 0.25) is 0 Å². The summed E-state index contributed by atoms with van der Waals surface area (Å²) in [5.74, 6) is -0.346. The lowest BCUT2D eigenvalue weighted by atomic mass is 10.1. The smallest absolute Gasteiger partial charge is 0.325 e. The van der Waals surface area contributed by atoms with Crippen molar-refractivity contribution in [3.8, 4) is 11.3 Å². The van der Waals surface area contributed by atoms with Gasteiger partial charge in [0.1, 0.15) is 5.69 Å². The highest BCUT2D eigenvalue weighted by Gasteiger charge is 2.34. The number of thioether (sulfide) groups is 1. The number of aryl methyl sites for hydroxylation is 1. The number of benzene rings is 2. The van der Waals surface area contributed by atoms with Crippen molar-refractivity contribution in [1.82, 2.24) is 9.97 Å². The number of halogens is 3. The summed E-state index contributed by atoms with van der Waals surface area (Å²) in [4.78, 5) is 20.3. The Labute approximate surface area is 170 Å². The average molecular weight is 417 g/mol. The predicted molar refractivity (Wildman–Crippen MR) is 108 cm³/mol. The summed E-state index contributed by atoms with van der Waals surface area (Å²) in [5.41, 5.74) is 1.32. The third kappa shape index (κ3) is 5.57. The van der Waals surface area contributed by atoms with Gasteiger partial charge in [0.25, 0.3) is 0 Å². The van der Waals surface area contributed by atoms with Crippen LogP contribution in [0.25, 0.3) is 11.3 Å². The molecule has 0 radical (unpaired) electrons. The van der Waals surface area contributed by atoms with Crippen molar-refractivity contribution in [1.29, 1.82) is 0 Å². The molecular weight excluding hydrogens is 399 g/mol. The number of hydrogen-bond donors (Lipinski definition) is 1. The Hall–Kier alpha value is -2.87. The van der Waals surface area contributed by atoms with Gasteiger partial charge in [-0.2, -0.15) is 13.2 Å².